The summed E-state index contributed by atoms with van der Waals surface area (Å²) in [6.45, 7) is 8.00. The van der Waals surface area contributed by atoms with Crippen molar-refractivity contribution in [2.24, 2.45) is 0 Å². The minimum atomic E-state index is 0.506. The molecule has 11 nitrogen and oxygen atoms in total. The van der Waals surface area contributed by atoms with Crippen LogP contribution in [-0.2, 0) is 0 Å². The Hall–Kier alpha value is -12.7. The van der Waals surface area contributed by atoms with Crippen molar-refractivity contribution < 1.29 is 0 Å². The maximum atomic E-state index is 10.2. The van der Waals surface area contributed by atoms with Crippen LogP contribution in [0.1, 0.15) is 5.56 Å². The van der Waals surface area contributed by atoms with Crippen LogP contribution >= 0.6 is 0 Å². The van der Waals surface area contributed by atoms with Gasteiger partial charge in [-0.25, -0.2) is 44.7 Å². The van der Waals surface area contributed by atoms with Crippen LogP contribution in [0, 0.1) is 17.9 Å². The van der Waals surface area contributed by atoms with Crippen molar-refractivity contribution in [3.8, 4) is 136 Å². The van der Waals surface area contributed by atoms with Crippen LogP contribution in [0.4, 0.5) is 5.69 Å². The zero-order valence-electron chi connectivity index (χ0n) is 47.6. The first-order valence-corrected chi connectivity index (χ1v) is 29.0. The zero-order chi connectivity index (χ0) is 59.6. The van der Waals surface area contributed by atoms with E-state index in [0.717, 1.165) is 106 Å². The first-order chi connectivity index (χ1) is 44.0. The second-order valence-electron chi connectivity index (χ2n) is 21.3. The summed E-state index contributed by atoms with van der Waals surface area (Å²) in [5.74, 6) is 3.79. The highest BCUT2D eigenvalue weighted by molar-refractivity contribution is 6.13. The summed E-state index contributed by atoms with van der Waals surface area (Å²) in [6, 6.07) is 97.2. The molecule has 414 valence electrons. The van der Waals surface area contributed by atoms with Crippen LogP contribution < -0.4 is 0 Å². The van der Waals surface area contributed by atoms with Crippen LogP contribution in [0.5, 0.6) is 0 Å². The molecular formula is C78H47N11. The Bertz CT molecular complexity index is 4790. The summed E-state index contributed by atoms with van der Waals surface area (Å²) in [6.07, 6.45) is 0. The highest BCUT2D eigenvalue weighted by atomic mass is 15.0. The van der Waals surface area contributed by atoms with E-state index in [2.05, 4.69) is 82.2 Å². The van der Waals surface area contributed by atoms with Crippen molar-refractivity contribution in [2.75, 3.05) is 0 Å². The maximum absolute atomic E-state index is 10.2. The molecule has 15 rings (SSSR count). The normalized spacial score (nSPS) is 11.1. The van der Waals surface area contributed by atoms with E-state index in [-0.39, 0.29) is 0 Å². The first-order valence-electron chi connectivity index (χ1n) is 29.0. The summed E-state index contributed by atoms with van der Waals surface area (Å²) in [7, 11) is 0. The molecule has 11 aromatic carbocycles. The molecule has 0 spiro atoms. The van der Waals surface area contributed by atoms with E-state index in [1.54, 1.807) is 0 Å². The number of nitriles is 1. The molecule has 4 aromatic heterocycles. The molecule has 0 aliphatic rings. The molecule has 89 heavy (non-hydrogen) atoms. The summed E-state index contributed by atoms with van der Waals surface area (Å²) in [4.78, 5) is 45.3. The Labute approximate surface area is 512 Å². The van der Waals surface area contributed by atoms with Gasteiger partial charge in [-0.15, -0.1) is 0 Å². The molecule has 0 N–H and O–H groups in total. The third-order valence-electron chi connectivity index (χ3n) is 15.8. The van der Waals surface area contributed by atoms with E-state index >= 15 is 0 Å². The van der Waals surface area contributed by atoms with Gasteiger partial charge in [0.2, 0.25) is 0 Å². The summed E-state index contributed by atoms with van der Waals surface area (Å²) in [5, 5.41) is 12.0. The largest absolute Gasteiger partial charge is 0.308 e. The van der Waals surface area contributed by atoms with Crippen LogP contribution in [0.15, 0.2) is 285 Å². The van der Waals surface area contributed by atoms with Gasteiger partial charge in [-0.05, 0) is 77.9 Å². The predicted octanol–water partition coefficient (Wildman–Crippen LogP) is 18.7. The van der Waals surface area contributed by atoms with Crippen molar-refractivity contribution in [3.05, 3.63) is 302 Å². The van der Waals surface area contributed by atoms with Gasteiger partial charge in [-0.2, -0.15) is 5.26 Å². The van der Waals surface area contributed by atoms with Crippen LogP contribution in [0.3, 0.4) is 0 Å². The van der Waals surface area contributed by atoms with Crippen molar-refractivity contribution >= 4 is 27.5 Å². The molecule has 0 saturated heterocycles. The second kappa shape index (κ2) is 23.0. The molecular weight excluding hydrogens is 1090 g/mol. The lowest BCUT2D eigenvalue weighted by molar-refractivity contribution is 1.07. The fraction of sp³-hybridized carbons (Fsp3) is 0. The molecule has 11 heteroatoms. The SMILES string of the molecule is [C-]#[N+]c1ccc(-c2cc(-c3cc(-c4ccccc4)nc(-c4ccccc4)n3)cc(-c3ccc(C#N)cc3)c2-n2c3ccc(-c4nc(-c5ccccc5)nc(-c5ccccc5)n4)cc3c3cc(-c4nc(-c5ccccc5)nc(-c5ccccc5)n4)ccc32)cc1. The fourth-order valence-electron chi connectivity index (χ4n) is 11.4. The minimum absolute atomic E-state index is 0.506. The van der Waals surface area contributed by atoms with Gasteiger partial charge in [-0.3, -0.25) is 0 Å². The summed E-state index contributed by atoms with van der Waals surface area (Å²) >= 11 is 0. The molecule has 15 aromatic rings. The lowest BCUT2D eigenvalue weighted by atomic mass is 9.91. The molecule has 0 fully saturated rings. The number of aromatic nitrogens is 9. The van der Waals surface area contributed by atoms with Gasteiger partial charge in [0, 0.05) is 72.0 Å². The Morgan fingerprint density at radius 3 is 0.966 bits per heavy atom. The van der Waals surface area contributed by atoms with E-state index < -0.39 is 0 Å². The highest BCUT2D eigenvalue weighted by Crippen LogP contribution is 2.46. The smallest absolute Gasteiger partial charge is 0.187 e. The van der Waals surface area contributed by atoms with Crippen molar-refractivity contribution in [3.63, 3.8) is 0 Å². The van der Waals surface area contributed by atoms with Crippen molar-refractivity contribution in [2.45, 2.75) is 0 Å². The molecule has 0 aliphatic carbocycles. The predicted molar refractivity (Wildman–Crippen MR) is 354 cm³/mol. The topological polar surface area (TPSA) is 136 Å². The number of nitrogens with zero attached hydrogens (tertiary/aromatic N) is 11. The van der Waals surface area contributed by atoms with Gasteiger partial charge >= 0.3 is 0 Å². The first kappa shape index (κ1) is 53.1. The Morgan fingerprint density at radius 1 is 0.292 bits per heavy atom. The molecule has 0 radical (unpaired) electrons. The van der Waals surface area contributed by atoms with Crippen molar-refractivity contribution in [1.82, 2.24) is 44.4 Å². The van der Waals surface area contributed by atoms with Gasteiger partial charge in [-0.1, -0.05) is 218 Å². The Balaban J connectivity index is 1.04. The number of hydrogen-bond acceptors (Lipinski definition) is 9. The number of rotatable bonds is 12. The molecule has 0 amide bonds. The third-order valence-corrected chi connectivity index (χ3v) is 15.8. The molecule has 0 aliphatic heterocycles. The third kappa shape index (κ3) is 10.4. The van der Waals surface area contributed by atoms with E-state index in [4.69, 9.17) is 46.4 Å². The van der Waals surface area contributed by atoms with Gasteiger partial charge < -0.3 is 4.57 Å². The Morgan fingerprint density at radius 2 is 0.607 bits per heavy atom. The number of fused-ring (bicyclic) bond motifs is 3. The van der Waals surface area contributed by atoms with Crippen LogP contribution in [-0.4, -0.2) is 44.4 Å². The molecule has 0 bridgehead atoms. The lowest BCUT2D eigenvalue weighted by Crippen LogP contribution is -2.03. The van der Waals surface area contributed by atoms with Gasteiger partial charge in [0.05, 0.1) is 46.3 Å². The summed E-state index contributed by atoms with van der Waals surface area (Å²) < 4.78 is 2.33. The molecule has 0 saturated carbocycles. The standard InChI is InChI=1S/C78H47N11/c1-80-62-40-36-52(37-41-62)64-47-61(68-48-67(53-20-8-2-9-21-53)81-72(82-68)54-22-10-3-11-23-54)46-63(51-34-32-50(49-79)33-35-51)71(64)89-69-42-38-59(77-85-73(55-24-12-4-13-25-55)83-74(86-77)56-26-14-5-15-27-56)44-65(69)66-45-60(39-43-70(66)89)78-87-75(57-28-16-6-17-29-57)84-76(88-78)58-30-18-7-19-31-58/h2-48H. The van der Waals surface area contributed by atoms with Crippen LogP contribution in [0.2, 0.25) is 0 Å². The number of hydrogen-bond donors (Lipinski definition) is 0. The average Bonchev–Trinajstić information content (AvgIpc) is 1.70. The molecule has 0 unspecified atom stereocenters. The van der Waals surface area contributed by atoms with Gasteiger partial charge in [0.25, 0.3) is 0 Å². The Kier molecular flexibility index (Phi) is 13.7. The van der Waals surface area contributed by atoms with E-state index in [1.807, 2.05) is 218 Å². The van der Waals surface area contributed by atoms with Gasteiger partial charge in [0.15, 0.2) is 46.5 Å². The number of benzene rings is 11. The second-order valence-corrected chi connectivity index (χ2v) is 21.3. The monoisotopic (exact) mass is 1140 g/mol. The van der Waals surface area contributed by atoms with Gasteiger partial charge in [0.1, 0.15) is 0 Å². The quantitative estimate of drug-likeness (QED) is 0.110. The fourth-order valence-corrected chi connectivity index (χ4v) is 11.4. The van der Waals surface area contributed by atoms with Crippen molar-refractivity contribution in [1.29, 1.82) is 5.26 Å². The summed E-state index contributed by atoms with van der Waals surface area (Å²) in [5.41, 5.74) is 16.3. The maximum Gasteiger partial charge on any atom is 0.187 e. The highest BCUT2D eigenvalue weighted by Gasteiger charge is 2.25. The van der Waals surface area contributed by atoms with E-state index in [0.29, 0.717) is 57.7 Å². The van der Waals surface area contributed by atoms with E-state index in [1.165, 1.54) is 0 Å². The minimum Gasteiger partial charge on any atom is -0.308 e. The molecule has 0 atom stereocenters. The van der Waals surface area contributed by atoms with E-state index in [9.17, 15) is 5.26 Å². The average molecular weight is 1140 g/mol. The lowest BCUT2D eigenvalue weighted by Gasteiger charge is -2.21. The zero-order valence-corrected chi connectivity index (χ0v) is 47.6. The molecule has 4 heterocycles. The van der Waals surface area contributed by atoms with Crippen LogP contribution in [0.25, 0.3) is 157 Å².